The molecule has 2 heterocycles. The Hall–Kier alpha value is -1.79. The summed E-state index contributed by atoms with van der Waals surface area (Å²) < 4.78 is 1.87. The van der Waals surface area contributed by atoms with Crippen molar-refractivity contribution in [1.29, 1.82) is 5.26 Å². The van der Waals surface area contributed by atoms with Crippen molar-refractivity contribution >= 4 is 11.6 Å². The molecule has 15 heavy (non-hydrogen) atoms. The average Bonchev–Trinajstić information content (AvgIpc) is 2.69. The van der Waals surface area contributed by atoms with Gasteiger partial charge in [-0.3, -0.25) is 0 Å². The Bertz CT molecular complexity index is 493. The van der Waals surface area contributed by atoms with Gasteiger partial charge < -0.3 is 4.57 Å². The first-order valence-corrected chi connectivity index (χ1v) is 4.83. The molecular weight excluding hydrogens is 210 g/mol. The van der Waals surface area contributed by atoms with E-state index in [-0.39, 0.29) is 0 Å². The molecule has 0 amide bonds. The Morgan fingerprint density at radius 3 is 2.93 bits per heavy atom. The summed E-state index contributed by atoms with van der Waals surface area (Å²) in [5, 5.41) is 9.30. The fourth-order valence-corrected chi connectivity index (χ4v) is 1.46. The normalized spacial score (nSPS) is 9.87. The molecule has 0 saturated carbocycles. The molecule has 0 aliphatic heterocycles. The van der Waals surface area contributed by atoms with Crippen molar-refractivity contribution in [3.05, 3.63) is 53.1 Å². The highest BCUT2D eigenvalue weighted by Gasteiger charge is 2.00. The molecule has 0 aliphatic carbocycles. The van der Waals surface area contributed by atoms with Crippen LogP contribution in [0.25, 0.3) is 0 Å². The van der Waals surface area contributed by atoms with E-state index in [9.17, 15) is 0 Å². The van der Waals surface area contributed by atoms with E-state index in [0.717, 1.165) is 5.56 Å². The molecule has 0 fully saturated rings. The zero-order chi connectivity index (χ0) is 10.7. The highest BCUT2D eigenvalue weighted by Crippen LogP contribution is 2.09. The molecule has 0 aliphatic rings. The minimum atomic E-state index is 0.478. The van der Waals surface area contributed by atoms with Crippen LogP contribution in [0, 0.1) is 11.3 Å². The molecule has 3 nitrogen and oxygen atoms in total. The van der Waals surface area contributed by atoms with Gasteiger partial charge in [0.2, 0.25) is 0 Å². The number of pyridine rings is 1. The van der Waals surface area contributed by atoms with Gasteiger partial charge in [-0.1, -0.05) is 17.7 Å². The van der Waals surface area contributed by atoms with Crippen LogP contribution in [-0.2, 0) is 6.54 Å². The van der Waals surface area contributed by atoms with E-state index >= 15 is 0 Å². The van der Waals surface area contributed by atoms with Crippen molar-refractivity contribution in [2.45, 2.75) is 6.54 Å². The first kappa shape index (κ1) is 9.75. The van der Waals surface area contributed by atoms with Crippen LogP contribution >= 0.6 is 11.6 Å². The zero-order valence-corrected chi connectivity index (χ0v) is 8.65. The monoisotopic (exact) mass is 217 g/mol. The van der Waals surface area contributed by atoms with Gasteiger partial charge in [-0.05, 0) is 23.8 Å². The number of hydrogen-bond acceptors (Lipinski definition) is 2. The lowest BCUT2D eigenvalue weighted by Crippen LogP contribution is -2.00. The number of nitriles is 1. The van der Waals surface area contributed by atoms with Crippen molar-refractivity contribution in [2.24, 2.45) is 0 Å². The van der Waals surface area contributed by atoms with Crippen LogP contribution in [0.3, 0.4) is 0 Å². The lowest BCUT2D eigenvalue weighted by molar-refractivity contribution is 0.789. The Labute approximate surface area is 92.6 Å². The summed E-state index contributed by atoms with van der Waals surface area (Å²) in [6.45, 7) is 0.639. The second-order valence-electron chi connectivity index (χ2n) is 3.12. The van der Waals surface area contributed by atoms with E-state index in [0.29, 0.717) is 17.4 Å². The van der Waals surface area contributed by atoms with Gasteiger partial charge in [-0.15, -0.1) is 0 Å². The molecule has 74 valence electrons. The van der Waals surface area contributed by atoms with Crippen LogP contribution in [0.2, 0.25) is 5.15 Å². The third kappa shape index (κ3) is 2.17. The molecule has 0 aromatic carbocycles. The largest absolute Gasteiger partial charge is 0.335 e. The first-order valence-electron chi connectivity index (χ1n) is 4.45. The smallest absolute Gasteiger partial charge is 0.129 e. The Morgan fingerprint density at radius 2 is 2.27 bits per heavy atom. The summed E-state index contributed by atoms with van der Waals surface area (Å²) in [6.07, 6.45) is 3.58. The Balaban J connectivity index is 2.23. The van der Waals surface area contributed by atoms with E-state index in [2.05, 4.69) is 11.1 Å². The van der Waals surface area contributed by atoms with Gasteiger partial charge in [0.25, 0.3) is 0 Å². The van der Waals surface area contributed by atoms with Crippen molar-refractivity contribution in [3.8, 4) is 6.07 Å². The molecule has 2 aromatic heterocycles. The number of hydrogen-bond donors (Lipinski definition) is 0. The molecule has 0 bridgehead atoms. The minimum Gasteiger partial charge on any atom is -0.335 e. The van der Waals surface area contributed by atoms with Crippen molar-refractivity contribution in [3.63, 3.8) is 0 Å². The van der Waals surface area contributed by atoms with Crippen LogP contribution in [0.4, 0.5) is 0 Å². The van der Waals surface area contributed by atoms with Gasteiger partial charge in [0.15, 0.2) is 0 Å². The van der Waals surface area contributed by atoms with Crippen LogP contribution in [-0.4, -0.2) is 9.55 Å². The topological polar surface area (TPSA) is 41.6 Å². The van der Waals surface area contributed by atoms with E-state index in [1.165, 1.54) is 0 Å². The zero-order valence-electron chi connectivity index (χ0n) is 7.89. The maximum atomic E-state index is 8.82. The summed E-state index contributed by atoms with van der Waals surface area (Å²) in [4.78, 5) is 3.98. The van der Waals surface area contributed by atoms with Crippen LogP contribution in [0.5, 0.6) is 0 Å². The van der Waals surface area contributed by atoms with Crippen LogP contribution in [0.15, 0.2) is 36.7 Å². The van der Waals surface area contributed by atoms with E-state index in [1.54, 1.807) is 18.3 Å². The van der Waals surface area contributed by atoms with Gasteiger partial charge >= 0.3 is 0 Å². The molecule has 0 N–H and O–H groups in total. The molecule has 0 saturated heterocycles. The predicted octanol–water partition coefficient (Wildman–Crippen LogP) is 2.46. The van der Waals surface area contributed by atoms with Gasteiger partial charge in [-0.25, -0.2) is 4.98 Å². The van der Waals surface area contributed by atoms with E-state index in [1.807, 2.05) is 22.9 Å². The molecule has 0 unspecified atom stereocenters. The average molecular weight is 218 g/mol. The summed E-state index contributed by atoms with van der Waals surface area (Å²) in [7, 11) is 0. The minimum absolute atomic E-state index is 0.478. The fraction of sp³-hybridized carbons (Fsp3) is 0.0909. The molecule has 0 spiro atoms. The molecular formula is C11H8ClN3. The second-order valence-corrected chi connectivity index (χ2v) is 3.51. The maximum absolute atomic E-state index is 8.82. The Kier molecular flexibility index (Phi) is 2.70. The fourth-order valence-electron chi connectivity index (χ4n) is 1.35. The Morgan fingerprint density at radius 1 is 1.40 bits per heavy atom. The summed E-state index contributed by atoms with van der Waals surface area (Å²) in [5.74, 6) is 0. The number of rotatable bonds is 2. The second kappa shape index (κ2) is 4.16. The third-order valence-electron chi connectivity index (χ3n) is 2.09. The van der Waals surface area contributed by atoms with Crippen LogP contribution in [0.1, 0.15) is 11.3 Å². The summed E-state index contributed by atoms with van der Waals surface area (Å²) >= 11 is 5.68. The highest BCUT2D eigenvalue weighted by atomic mass is 35.5. The standard InChI is InChI=1S/C11H8ClN3/c12-11-4-3-9(7-14-11)8-15-5-1-2-10(15)6-13/h1-5,7H,8H2. The number of aromatic nitrogens is 2. The van der Waals surface area contributed by atoms with Crippen LogP contribution < -0.4 is 0 Å². The molecule has 4 heteroatoms. The third-order valence-corrected chi connectivity index (χ3v) is 2.31. The van der Waals surface area contributed by atoms with E-state index < -0.39 is 0 Å². The lowest BCUT2D eigenvalue weighted by atomic mass is 10.3. The van der Waals surface area contributed by atoms with Crippen molar-refractivity contribution < 1.29 is 0 Å². The molecule has 2 rings (SSSR count). The summed E-state index contributed by atoms with van der Waals surface area (Å²) in [6, 6.07) is 9.40. The maximum Gasteiger partial charge on any atom is 0.129 e. The first-order chi connectivity index (χ1) is 7.29. The SMILES string of the molecule is N#Cc1cccn1Cc1ccc(Cl)nc1. The molecule has 2 aromatic rings. The number of halogens is 1. The highest BCUT2D eigenvalue weighted by molar-refractivity contribution is 6.29. The lowest BCUT2D eigenvalue weighted by Gasteiger charge is -2.04. The quantitative estimate of drug-likeness (QED) is 0.726. The van der Waals surface area contributed by atoms with E-state index in [4.69, 9.17) is 16.9 Å². The molecule has 0 atom stereocenters. The van der Waals surface area contributed by atoms with Crippen molar-refractivity contribution in [2.75, 3.05) is 0 Å². The van der Waals surface area contributed by atoms with Gasteiger partial charge in [0.05, 0.1) is 0 Å². The van der Waals surface area contributed by atoms with Gasteiger partial charge in [0, 0.05) is 18.9 Å². The number of nitrogens with zero attached hydrogens (tertiary/aromatic N) is 3. The molecule has 0 radical (unpaired) electrons. The van der Waals surface area contributed by atoms with Gasteiger partial charge in [-0.2, -0.15) is 5.26 Å². The summed E-state index contributed by atoms with van der Waals surface area (Å²) in [5.41, 5.74) is 1.66. The van der Waals surface area contributed by atoms with Crippen molar-refractivity contribution in [1.82, 2.24) is 9.55 Å². The van der Waals surface area contributed by atoms with Gasteiger partial charge in [0.1, 0.15) is 16.9 Å². The predicted molar refractivity (Wildman–Crippen MR) is 57.5 cm³/mol.